The molecular formula is C21H24FN5O2. The molecule has 2 aromatic heterocycles. The number of methoxy groups -OCH3 is 1. The van der Waals surface area contributed by atoms with Gasteiger partial charge in [0.05, 0.1) is 35.8 Å². The standard InChI is InChI=1S/C21H24FN5O2/c1-5-17(12-29-4)25-20(28)18-11-24-27(14(18)3)21-23-10-13(2)19(26-21)15-6-8-16(22)9-7-15/h6-11,17H,5,12H2,1-4H3,(H,25,28)/t17-/m0/s1. The molecule has 3 aromatic rings. The van der Waals surface area contributed by atoms with Crippen LogP contribution in [-0.2, 0) is 4.74 Å². The van der Waals surface area contributed by atoms with Crippen LogP contribution in [0.5, 0.6) is 0 Å². The molecule has 29 heavy (non-hydrogen) atoms. The van der Waals surface area contributed by atoms with Gasteiger partial charge in [-0.1, -0.05) is 6.92 Å². The van der Waals surface area contributed by atoms with Gasteiger partial charge in [0.1, 0.15) is 5.82 Å². The summed E-state index contributed by atoms with van der Waals surface area (Å²) < 4.78 is 19.9. The normalized spacial score (nSPS) is 12.0. The lowest BCUT2D eigenvalue weighted by Crippen LogP contribution is -2.37. The number of amides is 1. The first-order chi connectivity index (χ1) is 13.9. The molecule has 2 heterocycles. The van der Waals surface area contributed by atoms with Crippen molar-refractivity contribution >= 4 is 5.91 Å². The molecule has 0 aliphatic heterocycles. The minimum absolute atomic E-state index is 0.0732. The highest BCUT2D eigenvalue weighted by molar-refractivity contribution is 5.95. The van der Waals surface area contributed by atoms with Gasteiger partial charge >= 0.3 is 0 Å². The van der Waals surface area contributed by atoms with Gasteiger partial charge in [0.15, 0.2) is 0 Å². The molecule has 0 spiro atoms. The largest absolute Gasteiger partial charge is 0.383 e. The molecule has 0 bridgehead atoms. The van der Waals surface area contributed by atoms with E-state index in [9.17, 15) is 9.18 Å². The number of ether oxygens (including phenoxy) is 1. The summed E-state index contributed by atoms with van der Waals surface area (Å²) in [6.07, 6.45) is 3.95. The van der Waals surface area contributed by atoms with Gasteiger partial charge in [0, 0.05) is 18.9 Å². The molecule has 3 rings (SSSR count). The summed E-state index contributed by atoms with van der Waals surface area (Å²) in [5, 5.41) is 7.25. The molecule has 0 saturated heterocycles. The second-order valence-electron chi connectivity index (χ2n) is 6.80. The second kappa shape index (κ2) is 8.91. The highest BCUT2D eigenvalue weighted by Gasteiger charge is 2.19. The number of carbonyl (C=O) groups is 1. The van der Waals surface area contributed by atoms with E-state index in [0.29, 0.717) is 29.5 Å². The van der Waals surface area contributed by atoms with E-state index in [4.69, 9.17) is 4.74 Å². The molecule has 0 aliphatic rings. The number of nitrogens with zero attached hydrogens (tertiary/aromatic N) is 4. The Balaban J connectivity index is 1.91. The maximum atomic E-state index is 13.3. The van der Waals surface area contributed by atoms with Crippen LogP contribution in [0.2, 0.25) is 0 Å². The van der Waals surface area contributed by atoms with Gasteiger partial charge in [-0.2, -0.15) is 5.10 Å². The Bertz CT molecular complexity index is 1000. The summed E-state index contributed by atoms with van der Waals surface area (Å²) in [5.74, 6) is -0.183. The summed E-state index contributed by atoms with van der Waals surface area (Å²) in [6.45, 7) is 6.10. The number of carbonyl (C=O) groups excluding carboxylic acids is 1. The van der Waals surface area contributed by atoms with Crippen molar-refractivity contribution in [3.05, 3.63) is 59.3 Å². The van der Waals surface area contributed by atoms with E-state index >= 15 is 0 Å². The maximum absolute atomic E-state index is 13.3. The molecular weight excluding hydrogens is 373 g/mol. The van der Waals surface area contributed by atoms with Gasteiger partial charge in [0.2, 0.25) is 0 Å². The van der Waals surface area contributed by atoms with Crippen LogP contribution in [0.15, 0.2) is 36.7 Å². The van der Waals surface area contributed by atoms with Crippen LogP contribution in [0.3, 0.4) is 0 Å². The van der Waals surface area contributed by atoms with Gasteiger partial charge < -0.3 is 10.1 Å². The molecule has 0 unspecified atom stereocenters. The van der Waals surface area contributed by atoms with Crippen LogP contribution < -0.4 is 5.32 Å². The van der Waals surface area contributed by atoms with Gasteiger partial charge in [-0.05, 0) is 50.1 Å². The minimum Gasteiger partial charge on any atom is -0.383 e. The zero-order chi connectivity index (χ0) is 21.0. The average molecular weight is 397 g/mol. The number of hydrogen-bond donors (Lipinski definition) is 1. The van der Waals surface area contributed by atoms with Crippen LogP contribution in [0.1, 0.15) is 35.0 Å². The van der Waals surface area contributed by atoms with Crippen molar-refractivity contribution in [3.63, 3.8) is 0 Å². The summed E-state index contributed by atoms with van der Waals surface area (Å²) >= 11 is 0. The third-order valence-corrected chi connectivity index (χ3v) is 4.72. The minimum atomic E-state index is -0.307. The van der Waals surface area contributed by atoms with Crippen molar-refractivity contribution < 1.29 is 13.9 Å². The molecule has 1 amide bonds. The van der Waals surface area contributed by atoms with Crippen molar-refractivity contribution in [1.82, 2.24) is 25.1 Å². The van der Waals surface area contributed by atoms with Crippen LogP contribution in [-0.4, -0.2) is 45.4 Å². The van der Waals surface area contributed by atoms with Crippen LogP contribution in [0, 0.1) is 19.7 Å². The first-order valence-corrected chi connectivity index (χ1v) is 9.39. The lowest BCUT2D eigenvalue weighted by atomic mass is 10.1. The topological polar surface area (TPSA) is 81.9 Å². The monoisotopic (exact) mass is 397 g/mol. The fourth-order valence-corrected chi connectivity index (χ4v) is 2.99. The lowest BCUT2D eigenvalue weighted by molar-refractivity contribution is 0.0894. The molecule has 0 saturated carbocycles. The summed E-state index contributed by atoms with van der Waals surface area (Å²) in [6, 6.07) is 6.05. The molecule has 0 radical (unpaired) electrons. The number of hydrogen-bond acceptors (Lipinski definition) is 5. The summed E-state index contributed by atoms with van der Waals surface area (Å²) in [5.41, 5.74) is 3.40. The van der Waals surface area contributed by atoms with E-state index in [1.165, 1.54) is 23.0 Å². The molecule has 8 heteroatoms. The van der Waals surface area contributed by atoms with E-state index in [-0.39, 0.29) is 17.8 Å². The number of benzene rings is 1. The van der Waals surface area contributed by atoms with Crippen LogP contribution in [0.25, 0.3) is 17.2 Å². The molecule has 1 N–H and O–H groups in total. The number of aryl methyl sites for hydroxylation is 1. The summed E-state index contributed by atoms with van der Waals surface area (Å²) in [4.78, 5) is 21.6. The van der Waals surface area contributed by atoms with E-state index < -0.39 is 0 Å². The Labute approximate surface area is 169 Å². The van der Waals surface area contributed by atoms with E-state index in [2.05, 4.69) is 20.4 Å². The van der Waals surface area contributed by atoms with Crippen molar-refractivity contribution in [1.29, 1.82) is 0 Å². The summed E-state index contributed by atoms with van der Waals surface area (Å²) in [7, 11) is 1.60. The zero-order valence-electron chi connectivity index (χ0n) is 16.9. The predicted molar refractivity (Wildman–Crippen MR) is 107 cm³/mol. The van der Waals surface area contributed by atoms with Gasteiger partial charge in [-0.15, -0.1) is 0 Å². The molecule has 1 atom stereocenters. The van der Waals surface area contributed by atoms with E-state index in [1.807, 2.05) is 13.8 Å². The Morgan fingerprint density at radius 3 is 2.62 bits per heavy atom. The molecule has 0 aliphatic carbocycles. The third kappa shape index (κ3) is 4.48. The highest BCUT2D eigenvalue weighted by atomic mass is 19.1. The Morgan fingerprint density at radius 1 is 1.24 bits per heavy atom. The molecule has 152 valence electrons. The highest BCUT2D eigenvalue weighted by Crippen LogP contribution is 2.22. The fraction of sp³-hybridized carbons (Fsp3) is 0.333. The Morgan fingerprint density at radius 2 is 1.97 bits per heavy atom. The smallest absolute Gasteiger partial charge is 0.255 e. The predicted octanol–water partition coefficient (Wildman–Crippen LogP) is 3.24. The van der Waals surface area contributed by atoms with Crippen molar-refractivity contribution in [2.75, 3.05) is 13.7 Å². The number of rotatable bonds is 7. The van der Waals surface area contributed by atoms with Gasteiger partial charge in [-0.3, -0.25) is 4.79 Å². The number of halogens is 1. The van der Waals surface area contributed by atoms with E-state index in [1.54, 1.807) is 32.4 Å². The molecule has 7 nitrogen and oxygen atoms in total. The quantitative estimate of drug-likeness (QED) is 0.662. The van der Waals surface area contributed by atoms with E-state index in [0.717, 1.165) is 17.5 Å². The Kier molecular flexibility index (Phi) is 6.33. The number of nitrogens with one attached hydrogen (secondary N) is 1. The first-order valence-electron chi connectivity index (χ1n) is 9.39. The van der Waals surface area contributed by atoms with Crippen molar-refractivity contribution in [2.24, 2.45) is 0 Å². The zero-order valence-corrected chi connectivity index (χ0v) is 16.9. The fourth-order valence-electron chi connectivity index (χ4n) is 2.99. The van der Waals surface area contributed by atoms with Crippen LogP contribution in [0.4, 0.5) is 4.39 Å². The lowest BCUT2D eigenvalue weighted by Gasteiger charge is -2.15. The van der Waals surface area contributed by atoms with Crippen molar-refractivity contribution in [3.8, 4) is 17.2 Å². The maximum Gasteiger partial charge on any atom is 0.255 e. The number of aromatic nitrogens is 4. The molecule has 0 fully saturated rings. The van der Waals surface area contributed by atoms with Gasteiger partial charge in [0.25, 0.3) is 11.9 Å². The SMILES string of the molecule is CC[C@@H](COC)NC(=O)c1cnn(-c2ncc(C)c(-c3ccc(F)cc3)n2)c1C. The second-order valence-corrected chi connectivity index (χ2v) is 6.80. The van der Waals surface area contributed by atoms with Crippen molar-refractivity contribution in [2.45, 2.75) is 33.2 Å². The third-order valence-electron chi connectivity index (χ3n) is 4.72. The van der Waals surface area contributed by atoms with Crippen LogP contribution >= 0.6 is 0 Å². The van der Waals surface area contributed by atoms with Gasteiger partial charge in [-0.25, -0.2) is 19.0 Å². The Hall–Kier alpha value is -3.13. The molecule has 1 aromatic carbocycles. The first kappa shape index (κ1) is 20.6. The average Bonchev–Trinajstić information content (AvgIpc) is 3.10.